The molecule has 88 valence electrons. The standard InChI is InChI=1S/C11H17BrN4/c1-2-10-13-9(12)8-11(14-10)15-16-6-4-3-5-7-16/h8H,2-7H2,1H3,(H,13,14,15). The van der Waals surface area contributed by atoms with E-state index in [0.29, 0.717) is 0 Å². The summed E-state index contributed by atoms with van der Waals surface area (Å²) in [6, 6.07) is 1.92. The van der Waals surface area contributed by atoms with Crippen molar-refractivity contribution in [1.82, 2.24) is 15.0 Å². The second-order valence-electron chi connectivity index (χ2n) is 4.01. The Hall–Kier alpha value is -0.680. The van der Waals surface area contributed by atoms with Gasteiger partial charge < -0.3 is 5.43 Å². The summed E-state index contributed by atoms with van der Waals surface area (Å²) in [5.41, 5.74) is 3.35. The lowest BCUT2D eigenvalue weighted by atomic mass is 10.2. The number of halogens is 1. The molecule has 1 aliphatic rings. The molecule has 0 radical (unpaired) electrons. The van der Waals surface area contributed by atoms with Crippen molar-refractivity contribution < 1.29 is 0 Å². The van der Waals surface area contributed by atoms with Gasteiger partial charge in [-0.05, 0) is 28.8 Å². The predicted octanol–water partition coefficient (Wildman–Crippen LogP) is 2.61. The Labute approximate surface area is 105 Å². The Bertz CT molecular complexity index is 350. The largest absolute Gasteiger partial charge is 0.303 e. The van der Waals surface area contributed by atoms with E-state index in [9.17, 15) is 0 Å². The number of nitrogens with one attached hydrogen (secondary N) is 1. The predicted molar refractivity (Wildman–Crippen MR) is 68.2 cm³/mol. The molecule has 2 heterocycles. The molecule has 1 fully saturated rings. The van der Waals surface area contributed by atoms with E-state index in [1.54, 1.807) is 0 Å². The highest BCUT2D eigenvalue weighted by Crippen LogP contribution is 2.15. The van der Waals surface area contributed by atoms with Crippen LogP contribution < -0.4 is 5.43 Å². The SMILES string of the molecule is CCc1nc(Br)cc(NN2CCCCC2)n1. The van der Waals surface area contributed by atoms with Crippen LogP contribution in [-0.4, -0.2) is 28.1 Å². The molecule has 1 aromatic heterocycles. The Morgan fingerprint density at radius 3 is 2.75 bits per heavy atom. The van der Waals surface area contributed by atoms with Gasteiger partial charge in [0.1, 0.15) is 16.2 Å². The van der Waals surface area contributed by atoms with Crippen molar-refractivity contribution in [2.45, 2.75) is 32.6 Å². The van der Waals surface area contributed by atoms with Gasteiger partial charge in [-0.3, -0.25) is 0 Å². The van der Waals surface area contributed by atoms with Gasteiger partial charge in [-0.1, -0.05) is 13.3 Å². The molecule has 0 atom stereocenters. The molecular formula is C11H17BrN4. The number of aryl methyl sites for hydroxylation is 1. The maximum absolute atomic E-state index is 4.45. The molecule has 16 heavy (non-hydrogen) atoms. The fourth-order valence-electron chi connectivity index (χ4n) is 1.85. The third-order valence-electron chi connectivity index (χ3n) is 2.69. The molecule has 4 nitrogen and oxygen atoms in total. The molecule has 1 aliphatic heterocycles. The second-order valence-corrected chi connectivity index (χ2v) is 4.82. The molecule has 0 unspecified atom stereocenters. The van der Waals surface area contributed by atoms with Gasteiger partial charge in [0.25, 0.3) is 0 Å². The summed E-state index contributed by atoms with van der Waals surface area (Å²) in [5, 5.41) is 2.23. The first-order valence-corrected chi connectivity index (χ1v) is 6.62. The smallest absolute Gasteiger partial charge is 0.145 e. The van der Waals surface area contributed by atoms with E-state index in [2.05, 4.69) is 43.3 Å². The molecule has 2 rings (SSSR count). The van der Waals surface area contributed by atoms with E-state index < -0.39 is 0 Å². The topological polar surface area (TPSA) is 41.1 Å². The van der Waals surface area contributed by atoms with E-state index in [0.717, 1.165) is 35.8 Å². The van der Waals surface area contributed by atoms with Crippen molar-refractivity contribution in [3.8, 4) is 0 Å². The van der Waals surface area contributed by atoms with Gasteiger partial charge in [0.05, 0.1) is 0 Å². The van der Waals surface area contributed by atoms with Crippen LogP contribution in [0.4, 0.5) is 5.82 Å². The summed E-state index contributed by atoms with van der Waals surface area (Å²) >= 11 is 3.41. The van der Waals surface area contributed by atoms with Crippen LogP contribution in [0.1, 0.15) is 32.0 Å². The zero-order valence-corrected chi connectivity index (χ0v) is 11.1. The highest BCUT2D eigenvalue weighted by Gasteiger charge is 2.11. The molecular weight excluding hydrogens is 268 g/mol. The normalized spacial score (nSPS) is 17.4. The summed E-state index contributed by atoms with van der Waals surface area (Å²) in [5.74, 6) is 1.76. The second kappa shape index (κ2) is 5.59. The third-order valence-corrected chi connectivity index (χ3v) is 3.09. The van der Waals surface area contributed by atoms with Crippen molar-refractivity contribution in [2.75, 3.05) is 18.5 Å². The first-order chi connectivity index (χ1) is 7.78. The van der Waals surface area contributed by atoms with Gasteiger partial charge >= 0.3 is 0 Å². The van der Waals surface area contributed by atoms with Crippen LogP contribution in [0.25, 0.3) is 0 Å². The van der Waals surface area contributed by atoms with Crippen molar-refractivity contribution in [2.24, 2.45) is 0 Å². The van der Waals surface area contributed by atoms with Gasteiger partial charge in [0.15, 0.2) is 0 Å². The van der Waals surface area contributed by atoms with Crippen LogP contribution in [0, 0.1) is 0 Å². The van der Waals surface area contributed by atoms with Crippen molar-refractivity contribution in [3.05, 3.63) is 16.5 Å². The van der Waals surface area contributed by atoms with Crippen molar-refractivity contribution in [1.29, 1.82) is 0 Å². The maximum atomic E-state index is 4.45. The van der Waals surface area contributed by atoms with Crippen LogP contribution in [0.3, 0.4) is 0 Å². The van der Waals surface area contributed by atoms with Crippen LogP contribution in [0.5, 0.6) is 0 Å². The monoisotopic (exact) mass is 284 g/mol. The van der Waals surface area contributed by atoms with Crippen LogP contribution >= 0.6 is 15.9 Å². The number of hydrogen-bond donors (Lipinski definition) is 1. The zero-order valence-electron chi connectivity index (χ0n) is 9.54. The molecule has 1 N–H and O–H groups in total. The number of nitrogens with zero attached hydrogens (tertiary/aromatic N) is 3. The summed E-state index contributed by atoms with van der Waals surface area (Å²) in [4.78, 5) is 8.74. The lowest BCUT2D eigenvalue weighted by Gasteiger charge is -2.27. The Balaban J connectivity index is 2.04. The van der Waals surface area contributed by atoms with E-state index >= 15 is 0 Å². The molecule has 0 aromatic carbocycles. The van der Waals surface area contributed by atoms with Crippen molar-refractivity contribution >= 4 is 21.7 Å². The molecule has 5 heteroatoms. The highest BCUT2D eigenvalue weighted by atomic mass is 79.9. The Morgan fingerprint density at radius 2 is 2.06 bits per heavy atom. The van der Waals surface area contributed by atoms with Crippen LogP contribution in [0.15, 0.2) is 10.7 Å². The maximum Gasteiger partial charge on any atom is 0.145 e. The third kappa shape index (κ3) is 3.15. The average molecular weight is 285 g/mol. The highest BCUT2D eigenvalue weighted by molar-refractivity contribution is 9.10. The number of anilines is 1. The number of piperidine rings is 1. The van der Waals surface area contributed by atoms with Gasteiger partial charge in [-0.2, -0.15) is 0 Å². The number of aromatic nitrogens is 2. The Kier molecular flexibility index (Phi) is 4.12. The van der Waals surface area contributed by atoms with E-state index in [4.69, 9.17) is 0 Å². The van der Waals surface area contributed by atoms with Gasteiger partial charge in [0.2, 0.25) is 0 Å². The van der Waals surface area contributed by atoms with Crippen LogP contribution in [-0.2, 0) is 6.42 Å². The summed E-state index contributed by atoms with van der Waals surface area (Å²) in [6.07, 6.45) is 4.72. The molecule has 0 aliphatic carbocycles. The van der Waals surface area contributed by atoms with Gasteiger partial charge in [0, 0.05) is 25.6 Å². The molecule has 0 saturated carbocycles. The number of rotatable bonds is 3. The van der Waals surface area contributed by atoms with Gasteiger partial charge in [-0.25, -0.2) is 15.0 Å². The van der Waals surface area contributed by atoms with Crippen LogP contribution in [0.2, 0.25) is 0 Å². The zero-order chi connectivity index (χ0) is 11.4. The number of hydrazine groups is 1. The average Bonchev–Trinajstić information content (AvgIpc) is 2.29. The first kappa shape index (κ1) is 11.8. The quantitative estimate of drug-likeness (QED) is 0.867. The fourth-order valence-corrected chi connectivity index (χ4v) is 2.27. The summed E-state index contributed by atoms with van der Waals surface area (Å²) in [6.45, 7) is 4.26. The molecule has 0 amide bonds. The summed E-state index contributed by atoms with van der Waals surface area (Å²) < 4.78 is 0.846. The lowest BCUT2D eigenvalue weighted by Crippen LogP contribution is -2.35. The minimum Gasteiger partial charge on any atom is -0.303 e. The van der Waals surface area contributed by atoms with Crippen molar-refractivity contribution in [3.63, 3.8) is 0 Å². The molecule has 1 aromatic rings. The fraction of sp³-hybridized carbons (Fsp3) is 0.636. The molecule has 0 spiro atoms. The lowest BCUT2D eigenvalue weighted by molar-refractivity contribution is 0.272. The van der Waals surface area contributed by atoms with E-state index in [-0.39, 0.29) is 0 Å². The minimum atomic E-state index is 0.846. The van der Waals surface area contributed by atoms with Gasteiger partial charge in [-0.15, -0.1) is 0 Å². The molecule has 1 saturated heterocycles. The Morgan fingerprint density at radius 1 is 1.31 bits per heavy atom. The van der Waals surface area contributed by atoms with E-state index in [1.807, 2.05) is 6.07 Å². The summed E-state index contributed by atoms with van der Waals surface area (Å²) in [7, 11) is 0. The van der Waals surface area contributed by atoms with E-state index in [1.165, 1.54) is 19.3 Å². The molecule has 0 bridgehead atoms. The number of hydrogen-bond acceptors (Lipinski definition) is 4. The minimum absolute atomic E-state index is 0.846. The first-order valence-electron chi connectivity index (χ1n) is 5.83.